The highest BCUT2D eigenvalue weighted by Gasteiger charge is 2.08. The second kappa shape index (κ2) is 14.1. The number of benzene rings is 1. The van der Waals surface area contributed by atoms with Crippen molar-refractivity contribution in [3.8, 4) is 11.6 Å². The number of halogens is 2. The van der Waals surface area contributed by atoms with E-state index < -0.39 is 0 Å². The van der Waals surface area contributed by atoms with E-state index in [2.05, 4.69) is 34.5 Å². The summed E-state index contributed by atoms with van der Waals surface area (Å²) in [7, 11) is 1.72. The maximum absolute atomic E-state index is 13.4. The minimum atomic E-state index is -0.352. The number of aliphatic imine (C=N–C) groups is 1. The fourth-order valence-electron chi connectivity index (χ4n) is 2.39. The Morgan fingerprint density at radius 1 is 1.21 bits per heavy atom. The van der Waals surface area contributed by atoms with Crippen molar-refractivity contribution in [3.63, 3.8) is 0 Å². The third-order valence-electron chi connectivity index (χ3n) is 3.74. The number of rotatable bonds is 10. The molecular weight excluding hydrogens is 486 g/mol. The molecule has 6 nitrogen and oxygen atoms in total. The summed E-state index contributed by atoms with van der Waals surface area (Å²) in [5, 5.41) is 6.49. The van der Waals surface area contributed by atoms with Crippen molar-refractivity contribution in [3.05, 3.63) is 54.0 Å². The lowest BCUT2D eigenvalue weighted by atomic mass is 10.2. The average molecular weight is 516 g/mol. The number of hydrogen-bond acceptors (Lipinski definition) is 4. The van der Waals surface area contributed by atoms with Crippen molar-refractivity contribution >= 4 is 29.9 Å². The Balaban J connectivity index is 0.00000420. The van der Waals surface area contributed by atoms with Crippen LogP contribution in [-0.2, 0) is 11.3 Å². The Morgan fingerprint density at radius 2 is 2.03 bits per heavy atom. The predicted molar refractivity (Wildman–Crippen MR) is 125 cm³/mol. The van der Waals surface area contributed by atoms with Crippen LogP contribution >= 0.6 is 24.0 Å². The first-order valence-electron chi connectivity index (χ1n) is 9.48. The number of nitrogens with zero attached hydrogens (tertiary/aromatic N) is 2. The van der Waals surface area contributed by atoms with E-state index in [1.807, 2.05) is 12.1 Å². The van der Waals surface area contributed by atoms with Crippen molar-refractivity contribution in [2.45, 2.75) is 26.8 Å². The lowest BCUT2D eigenvalue weighted by Crippen LogP contribution is -2.37. The minimum absolute atomic E-state index is 0. The van der Waals surface area contributed by atoms with Crippen molar-refractivity contribution in [2.75, 3.05) is 26.8 Å². The number of aromatic nitrogens is 1. The maximum atomic E-state index is 13.4. The Kier molecular flexibility index (Phi) is 12.2. The van der Waals surface area contributed by atoms with Gasteiger partial charge in [-0.1, -0.05) is 26.0 Å². The van der Waals surface area contributed by atoms with Gasteiger partial charge >= 0.3 is 0 Å². The molecule has 0 amide bonds. The molecule has 0 aliphatic rings. The van der Waals surface area contributed by atoms with Gasteiger partial charge in [0.1, 0.15) is 11.6 Å². The van der Waals surface area contributed by atoms with Crippen LogP contribution < -0.4 is 15.4 Å². The van der Waals surface area contributed by atoms with Crippen LogP contribution in [0.5, 0.6) is 11.6 Å². The van der Waals surface area contributed by atoms with Gasteiger partial charge in [-0.25, -0.2) is 9.37 Å². The van der Waals surface area contributed by atoms with Gasteiger partial charge in [0.05, 0.1) is 0 Å². The third-order valence-corrected chi connectivity index (χ3v) is 3.74. The van der Waals surface area contributed by atoms with Gasteiger partial charge < -0.3 is 20.1 Å². The maximum Gasteiger partial charge on any atom is 0.224 e. The van der Waals surface area contributed by atoms with Gasteiger partial charge in [-0.3, -0.25) is 4.99 Å². The van der Waals surface area contributed by atoms with E-state index in [0.717, 1.165) is 31.7 Å². The molecule has 0 bridgehead atoms. The highest BCUT2D eigenvalue weighted by molar-refractivity contribution is 14.0. The molecule has 2 rings (SSSR count). The van der Waals surface area contributed by atoms with Crippen LogP contribution in [0.1, 0.15) is 25.8 Å². The largest absolute Gasteiger partial charge is 0.439 e. The molecule has 160 valence electrons. The summed E-state index contributed by atoms with van der Waals surface area (Å²) < 4.78 is 24.7. The molecule has 1 aromatic carbocycles. The van der Waals surface area contributed by atoms with E-state index in [1.54, 1.807) is 25.4 Å². The molecule has 0 aliphatic carbocycles. The van der Waals surface area contributed by atoms with Crippen LogP contribution in [-0.4, -0.2) is 37.7 Å². The van der Waals surface area contributed by atoms with E-state index >= 15 is 0 Å². The van der Waals surface area contributed by atoms with Crippen molar-refractivity contribution < 1.29 is 13.9 Å². The molecular formula is C21H30FIN4O2. The van der Waals surface area contributed by atoms with Gasteiger partial charge in [-0.05, 0) is 30.5 Å². The van der Waals surface area contributed by atoms with E-state index in [4.69, 9.17) is 9.47 Å². The van der Waals surface area contributed by atoms with Gasteiger partial charge in [0.2, 0.25) is 5.88 Å². The van der Waals surface area contributed by atoms with Crippen LogP contribution in [0.2, 0.25) is 0 Å². The second-order valence-electron chi connectivity index (χ2n) is 6.70. The summed E-state index contributed by atoms with van der Waals surface area (Å²) >= 11 is 0. The van der Waals surface area contributed by atoms with E-state index in [9.17, 15) is 4.39 Å². The van der Waals surface area contributed by atoms with E-state index in [1.165, 1.54) is 12.1 Å². The van der Waals surface area contributed by atoms with Crippen LogP contribution in [0.25, 0.3) is 0 Å². The lowest BCUT2D eigenvalue weighted by molar-refractivity contribution is 0.108. The summed E-state index contributed by atoms with van der Waals surface area (Å²) in [5.74, 6) is 1.71. The summed E-state index contributed by atoms with van der Waals surface area (Å²) in [4.78, 5) is 8.47. The smallest absolute Gasteiger partial charge is 0.224 e. The van der Waals surface area contributed by atoms with Gasteiger partial charge in [0.15, 0.2) is 5.96 Å². The van der Waals surface area contributed by atoms with Gasteiger partial charge in [-0.2, -0.15) is 0 Å². The Morgan fingerprint density at radius 3 is 2.76 bits per heavy atom. The zero-order valence-corrected chi connectivity index (χ0v) is 19.5. The molecule has 1 heterocycles. The first-order valence-corrected chi connectivity index (χ1v) is 9.48. The van der Waals surface area contributed by atoms with Crippen molar-refractivity contribution in [1.29, 1.82) is 0 Å². The molecule has 0 atom stereocenters. The number of nitrogens with one attached hydrogen (secondary N) is 2. The van der Waals surface area contributed by atoms with E-state index in [-0.39, 0.29) is 29.8 Å². The molecule has 0 saturated carbocycles. The molecule has 29 heavy (non-hydrogen) atoms. The molecule has 0 saturated heterocycles. The molecule has 0 fully saturated rings. The topological polar surface area (TPSA) is 67.8 Å². The average Bonchev–Trinajstić information content (AvgIpc) is 2.67. The standard InChI is InChI=1S/C21H29FN4O2.HI/c1-16(2)15-27-12-6-11-25-21(23-3)26-14-17-7-5-10-24-20(17)28-19-9-4-8-18(22)13-19;/h4-5,7-10,13,16H,6,11-12,14-15H2,1-3H3,(H2,23,25,26);1H. The first kappa shape index (κ1) is 25.1. The number of guanidine groups is 1. The van der Waals surface area contributed by atoms with Crippen LogP contribution in [0.3, 0.4) is 0 Å². The molecule has 0 radical (unpaired) electrons. The first-order chi connectivity index (χ1) is 13.6. The molecule has 2 aromatic rings. The molecule has 1 aromatic heterocycles. The minimum Gasteiger partial charge on any atom is -0.439 e. The normalized spacial score (nSPS) is 11.1. The summed E-state index contributed by atoms with van der Waals surface area (Å²) in [6, 6.07) is 9.73. The number of hydrogen-bond donors (Lipinski definition) is 2. The molecule has 0 spiro atoms. The van der Waals surface area contributed by atoms with Crippen LogP contribution in [0.15, 0.2) is 47.6 Å². The van der Waals surface area contributed by atoms with Crippen LogP contribution in [0, 0.1) is 11.7 Å². The van der Waals surface area contributed by atoms with E-state index in [0.29, 0.717) is 30.1 Å². The van der Waals surface area contributed by atoms with Gasteiger partial charge in [0.25, 0.3) is 0 Å². The fourth-order valence-corrected chi connectivity index (χ4v) is 2.39. The zero-order valence-electron chi connectivity index (χ0n) is 17.2. The van der Waals surface area contributed by atoms with Crippen molar-refractivity contribution in [1.82, 2.24) is 15.6 Å². The monoisotopic (exact) mass is 516 g/mol. The molecule has 8 heteroatoms. The summed E-state index contributed by atoms with van der Waals surface area (Å²) in [5.41, 5.74) is 0.843. The Hall–Kier alpha value is -1.94. The Bertz CT molecular complexity index is 759. The van der Waals surface area contributed by atoms with Gasteiger partial charge in [0, 0.05) is 51.2 Å². The molecule has 0 unspecified atom stereocenters. The highest BCUT2D eigenvalue weighted by Crippen LogP contribution is 2.23. The van der Waals surface area contributed by atoms with Crippen LogP contribution in [0.4, 0.5) is 4.39 Å². The molecule has 0 aliphatic heterocycles. The number of pyridine rings is 1. The van der Waals surface area contributed by atoms with Gasteiger partial charge in [-0.15, -0.1) is 24.0 Å². The van der Waals surface area contributed by atoms with Crippen molar-refractivity contribution in [2.24, 2.45) is 10.9 Å². The lowest BCUT2D eigenvalue weighted by Gasteiger charge is -2.14. The summed E-state index contributed by atoms with van der Waals surface area (Å²) in [6.45, 7) is 7.00. The fraction of sp³-hybridized carbons (Fsp3) is 0.429. The number of ether oxygens (including phenoxy) is 2. The predicted octanol–water partition coefficient (Wildman–Crippen LogP) is 4.36. The highest BCUT2D eigenvalue weighted by atomic mass is 127. The quantitative estimate of drug-likeness (QED) is 0.213. The zero-order chi connectivity index (χ0) is 20.2. The second-order valence-corrected chi connectivity index (χ2v) is 6.70. The Labute approximate surface area is 189 Å². The SMILES string of the molecule is CN=C(NCCCOCC(C)C)NCc1cccnc1Oc1cccc(F)c1.I. The third kappa shape index (κ3) is 9.89. The summed E-state index contributed by atoms with van der Waals surface area (Å²) in [6.07, 6.45) is 2.54. The molecule has 2 N–H and O–H groups in total.